The Morgan fingerprint density at radius 2 is 2.31 bits per heavy atom. The summed E-state index contributed by atoms with van der Waals surface area (Å²) < 4.78 is 18.4. The van der Waals surface area contributed by atoms with Crippen LogP contribution in [0.15, 0.2) is 22.7 Å². The molecule has 0 fully saturated rings. The van der Waals surface area contributed by atoms with Gasteiger partial charge in [-0.05, 0) is 17.7 Å². The van der Waals surface area contributed by atoms with Crippen molar-refractivity contribution in [1.29, 1.82) is 0 Å². The number of benzene rings is 1. The summed E-state index contributed by atoms with van der Waals surface area (Å²) in [5.74, 6) is -0.342. The Morgan fingerprint density at radius 3 is 2.85 bits per heavy atom. The Bertz CT molecular complexity index is 291. The largest absolute Gasteiger partial charge is 0.368 e. The zero-order valence-corrected chi connectivity index (χ0v) is 8.71. The number of ether oxygens (including phenoxy) is 1. The molecular formula is C9H10BrFO2. The fourth-order valence-corrected chi connectivity index (χ4v) is 1.29. The van der Waals surface area contributed by atoms with Crippen LogP contribution in [-0.2, 0) is 11.2 Å². The standard InChI is InChI=1S/C9H10BrFO2/c1-13-9(12)4-6-2-3-7(10)5-8(6)11/h2-3,5,9,12H,4H2,1H3. The lowest BCUT2D eigenvalue weighted by Gasteiger charge is -2.08. The Balaban J connectivity index is 2.77. The molecule has 0 amide bonds. The lowest BCUT2D eigenvalue weighted by atomic mass is 10.1. The molecule has 1 N–H and O–H groups in total. The molecule has 72 valence electrons. The van der Waals surface area contributed by atoms with Crippen molar-refractivity contribution in [1.82, 2.24) is 0 Å². The van der Waals surface area contributed by atoms with Gasteiger partial charge < -0.3 is 9.84 Å². The first-order valence-corrected chi connectivity index (χ1v) is 4.57. The Kier molecular flexibility index (Phi) is 3.84. The lowest BCUT2D eigenvalue weighted by Crippen LogP contribution is -2.13. The molecular weight excluding hydrogens is 239 g/mol. The van der Waals surface area contributed by atoms with Crippen LogP contribution in [0.3, 0.4) is 0 Å². The van der Waals surface area contributed by atoms with E-state index in [9.17, 15) is 4.39 Å². The molecule has 4 heteroatoms. The average Bonchev–Trinajstić information content (AvgIpc) is 2.09. The normalized spacial score (nSPS) is 12.9. The minimum Gasteiger partial charge on any atom is -0.368 e. The second-order valence-corrected chi connectivity index (χ2v) is 3.55. The molecule has 0 aliphatic carbocycles. The number of methoxy groups -OCH3 is 1. The molecule has 0 saturated carbocycles. The van der Waals surface area contributed by atoms with Crippen molar-refractivity contribution in [3.05, 3.63) is 34.1 Å². The zero-order valence-electron chi connectivity index (χ0n) is 7.13. The van der Waals surface area contributed by atoms with Gasteiger partial charge in [0.05, 0.1) is 0 Å². The summed E-state index contributed by atoms with van der Waals surface area (Å²) >= 11 is 3.15. The van der Waals surface area contributed by atoms with Gasteiger partial charge in [0.1, 0.15) is 5.82 Å². The van der Waals surface area contributed by atoms with E-state index in [1.54, 1.807) is 12.1 Å². The molecule has 13 heavy (non-hydrogen) atoms. The van der Waals surface area contributed by atoms with E-state index in [-0.39, 0.29) is 12.2 Å². The molecule has 0 aromatic heterocycles. The van der Waals surface area contributed by atoms with Crippen molar-refractivity contribution in [3.8, 4) is 0 Å². The summed E-state index contributed by atoms with van der Waals surface area (Å²) in [5, 5.41) is 9.10. The summed E-state index contributed by atoms with van der Waals surface area (Å²) in [6.07, 6.45) is -0.786. The molecule has 0 radical (unpaired) electrons. The fraction of sp³-hybridized carbons (Fsp3) is 0.333. The monoisotopic (exact) mass is 248 g/mol. The van der Waals surface area contributed by atoms with Crippen molar-refractivity contribution in [2.24, 2.45) is 0 Å². The van der Waals surface area contributed by atoms with E-state index in [0.717, 1.165) is 0 Å². The number of rotatable bonds is 3. The van der Waals surface area contributed by atoms with Crippen molar-refractivity contribution in [2.45, 2.75) is 12.7 Å². The van der Waals surface area contributed by atoms with Gasteiger partial charge in [0.15, 0.2) is 6.29 Å². The van der Waals surface area contributed by atoms with Crippen LogP contribution in [0.4, 0.5) is 4.39 Å². The molecule has 1 aromatic rings. The van der Waals surface area contributed by atoms with Crippen LogP contribution in [-0.4, -0.2) is 18.5 Å². The highest BCUT2D eigenvalue weighted by Crippen LogP contribution is 2.16. The second kappa shape index (κ2) is 4.69. The third-order valence-corrected chi connectivity index (χ3v) is 2.17. The van der Waals surface area contributed by atoms with Gasteiger partial charge in [-0.1, -0.05) is 22.0 Å². The van der Waals surface area contributed by atoms with E-state index in [0.29, 0.717) is 10.0 Å². The van der Waals surface area contributed by atoms with Gasteiger partial charge in [-0.15, -0.1) is 0 Å². The summed E-state index contributed by atoms with van der Waals surface area (Å²) in [7, 11) is 1.38. The third kappa shape index (κ3) is 3.06. The number of hydrogen-bond acceptors (Lipinski definition) is 2. The molecule has 0 bridgehead atoms. The molecule has 0 spiro atoms. The van der Waals surface area contributed by atoms with Gasteiger partial charge in [0.25, 0.3) is 0 Å². The van der Waals surface area contributed by atoms with Gasteiger partial charge in [-0.25, -0.2) is 4.39 Å². The van der Waals surface area contributed by atoms with Crippen LogP contribution >= 0.6 is 15.9 Å². The van der Waals surface area contributed by atoms with E-state index in [2.05, 4.69) is 20.7 Å². The summed E-state index contributed by atoms with van der Waals surface area (Å²) in [5.41, 5.74) is 0.442. The second-order valence-electron chi connectivity index (χ2n) is 2.63. The number of aliphatic hydroxyl groups is 1. The van der Waals surface area contributed by atoms with Gasteiger partial charge >= 0.3 is 0 Å². The van der Waals surface area contributed by atoms with Crippen LogP contribution < -0.4 is 0 Å². The van der Waals surface area contributed by atoms with Gasteiger partial charge in [-0.2, -0.15) is 0 Å². The molecule has 2 nitrogen and oxygen atoms in total. The Hall–Kier alpha value is -0.450. The summed E-state index contributed by atoms with van der Waals surface area (Å²) in [6, 6.07) is 4.69. The molecule has 1 atom stereocenters. The van der Waals surface area contributed by atoms with Crippen LogP contribution in [0, 0.1) is 5.82 Å². The molecule has 1 aromatic carbocycles. The zero-order chi connectivity index (χ0) is 9.84. The molecule has 0 saturated heterocycles. The molecule has 1 rings (SSSR count). The minimum absolute atomic E-state index is 0.162. The third-order valence-electron chi connectivity index (χ3n) is 1.68. The first-order valence-electron chi connectivity index (χ1n) is 3.78. The van der Waals surface area contributed by atoms with E-state index >= 15 is 0 Å². The van der Waals surface area contributed by atoms with Crippen molar-refractivity contribution in [3.63, 3.8) is 0 Å². The predicted molar refractivity (Wildman–Crippen MR) is 50.8 cm³/mol. The van der Waals surface area contributed by atoms with E-state index in [1.165, 1.54) is 13.2 Å². The number of halogens is 2. The molecule has 0 heterocycles. The predicted octanol–water partition coefficient (Wildman–Crippen LogP) is 2.10. The van der Waals surface area contributed by atoms with Gasteiger partial charge in [0, 0.05) is 18.0 Å². The highest BCUT2D eigenvalue weighted by atomic mass is 79.9. The number of hydrogen-bond donors (Lipinski definition) is 1. The minimum atomic E-state index is -0.948. The Morgan fingerprint density at radius 1 is 1.62 bits per heavy atom. The van der Waals surface area contributed by atoms with E-state index in [4.69, 9.17) is 5.11 Å². The van der Waals surface area contributed by atoms with Gasteiger partial charge in [-0.3, -0.25) is 0 Å². The van der Waals surface area contributed by atoms with Crippen LogP contribution in [0.2, 0.25) is 0 Å². The highest BCUT2D eigenvalue weighted by molar-refractivity contribution is 9.10. The Labute approximate surface area is 84.5 Å². The maximum atomic E-state index is 13.2. The lowest BCUT2D eigenvalue weighted by molar-refractivity contribution is -0.0724. The SMILES string of the molecule is COC(O)Cc1ccc(Br)cc1F. The first kappa shape index (κ1) is 10.6. The molecule has 0 aliphatic heterocycles. The van der Waals surface area contributed by atoms with Crippen molar-refractivity contribution < 1.29 is 14.2 Å². The quantitative estimate of drug-likeness (QED) is 0.831. The van der Waals surface area contributed by atoms with Crippen LogP contribution in [0.1, 0.15) is 5.56 Å². The van der Waals surface area contributed by atoms with Crippen LogP contribution in [0.5, 0.6) is 0 Å². The molecule has 0 aliphatic rings. The summed E-state index contributed by atoms with van der Waals surface area (Å²) in [4.78, 5) is 0. The van der Waals surface area contributed by atoms with Crippen LogP contribution in [0.25, 0.3) is 0 Å². The maximum Gasteiger partial charge on any atom is 0.158 e. The molecule has 1 unspecified atom stereocenters. The summed E-state index contributed by atoms with van der Waals surface area (Å²) in [6.45, 7) is 0. The van der Waals surface area contributed by atoms with E-state index < -0.39 is 6.29 Å². The number of aliphatic hydroxyl groups excluding tert-OH is 1. The van der Waals surface area contributed by atoms with E-state index in [1.807, 2.05) is 0 Å². The average molecular weight is 249 g/mol. The smallest absolute Gasteiger partial charge is 0.158 e. The topological polar surface area (TPSA) is 29.5 Å². The fourth-order valence-electron chi connectivity index (χ4n) is 0.959. The van der Waals surface area contributed by atoms with Crippen molar-refractivity contribution >= 4 is 15.9 Å². The van der Waals surface area contributed by atoms with Crippen molar-refractivity contribution in [2.75, 3.05) is 7.11 Å². The van der Waals surface area contributed by atoms with Gasteiger partial charge in [0.2, 0.25) is 0 Å². The first-order chi connectivity index (χ1) is 6.13. The maximum absolute atomic E-state index is 13.2. The highest BCUT2D eigenvalue weighted by Gasteiger charge is 2.08.